The molecule has 14 heavy (non-hydrogen) atoms. The van der Waals surface area contributed by atoms with E-state index in [1.807, 2.05) is 6.20 Å². The lowest BCUT2D eigenvalue weighted by atomic mass is 10.2. The topological polar surface area (TPSA) is 16.1 Å². The molecule has 0 unspecified atom stereocenters. The van der Waals surface area contributed by atoms with E-state index < -0.39 is 0 Å². The number of alkyl halides is 1. The zero-order chi connectivity index (χ0) is 10.1. The van der Waals surface area contributed by atoms with Gasteiger partial charge in [-0.15, -0.1) is 0 Å². The molecule has 0 saturated heterocycles. The van der Waals surface area contributed by atoms with Crippen LogP contribution in [0.2, 0.25) is 0 Å². The van der Waals surface area contributed by atoms with Gasteiger partial charge in [-0.3, -0.25) is 0 Å². The highest BCUT2D eigenvalue weighted by Crippen LogP contribution is 2.30. The van der Waals surface area contributed by atoms with Crippen LogP contribution < -0.4 is 4.90 Å². The van der Waals surface area contributed by atoms with Crippen LogP contribution >= 0.6 is 15.9 Å². The zero-order valence-corrected chi connectivity index (χ0v) is 10.2. The second-order valence-corrected chi connectivity index (χ2v) is 4.52. The molecule has 0 spiro atoms. The molecule has 0 radical (unpaired) electrons. The summed E-state index contributed by atoms with van der Waals surface area (Å²) in [6, 6.07) is 2.94. The minimum atomic E-state index is 0.732. The Hall–Kier alpha value is -0.570. The third kappa shape index (κ3) is 1.92. The minimum absolute atomic E-state index is 0.732. The Morgan fingerprint density at radius 3 is 2.79 bits per heavy atom. The van der Waals surface area contributed by atoms with E-state index in [1.165, 1.54) is 24.0 Å². The number of aryl methyl sites for hydroxylation is 1. The van der Waals surface area contributed by atoms with Crippen LogP contribution in [0.3, 0.4) is 0 Å². The highest BCUT2D eigenvalue weighted by atomic mass is 79.9. The Labute approximate surface area is 93.5 Å². The first-order valence-corrected chi connectivity index (χ1v) is 6.09. The van der Waals surface area contributed by atoms with Crippen molar-refractivity contribution in [2.75, 3.05) is 11.9 Å². The lowest BCUT2D eigenvalue weighted by molar-refractivity contribution is 0.883. The van der Waals surface area contributed by atoms with Gasteiger partial charge in [0.25, 0.3) is 0 Å². The first-order valence-electron chi connectivity index (χ1n) is 4.96. The lowest BCUT2D eigenvalue weighted by Gasteiger charge is -2.19. The second-order valence-electron chi connectivity index (χ2n) is 3.96. The van der Waals surface area contributed by atoms with Crippen molar-refractivity contribution in [1.82, 2.24) is 4.98 Å². The Bertz CT molecular complexity index is 334. The maximum absolute atomic E-state index is 4.51. The van der Waals surface area contributed by atoms with Crippen LogP contribution in [0.4, 0.5) is 5.82 Å². The van der Waals surface area contributed by atoms with E-state index in [-0.39, 0.29) is 0 Å². The van der Waals surface area contributed by atoms with Gasteiger partial charge in [-0.25, -0.2) is 4.98 Å². The molecule has 1 saturated carbocycles. The third-order valence-corrected chi connectivity index (χ3v) is 3.34. The summed E-state index contributed by atoms with van der Waals surface area (Å²) in [6.45, 7) is 2.13. The largest absolute Gasteiger partial charge is 0.356 e. The van der Waals surface area contributed by atoms with Crippen LogP contribution in [-0.2, 0) is 5.33 Å². The van der Waals surface area contributed by atoms with Crippen LogP contribution in [0, 0.1) is 6.92 Å². The minimum Gasteiger partial charge on any atom is -0.356 e. The molecule has 1 aromatic rings. The van der Waals surface area contributed by atoms with Crippen molar-refractivity contribution >= 4 is 21.7 Å². The summed E-state index contributed by atoms with van der Waals surface area (Å²) in [5.74, 6) is 1.14. The molecule has 1 aromatic heterocycles. The average Bonchev–Trinajstić information content (AvgIpc) is 3.00. The highest BCUT2D eigenvalue weighted by Gasteiger charge is 2.27. The van der Waals surface area contributed by atoms with Gasteiger partial charge in [0, 0.05) is 24.6 Å². The molecule has 3 heteroatoms. The predicted molar refractivity (Wildman–Crippen MR) is 63.0 cm³/mol. The lowest BCUT2D eigenvalue weighted by Crippen LogP contribution is -2.21. The SMILES string of the molecule is Cc1cc(CBr)cnc1N(C)C1CC1. The van der Waals surface area contributed by atoms with Crippen molar-refractivity contribution in [1.29, 1.82) is 0 Å². The number of hydrogen-bond acceptors (Lipinski definition) is 2. The molecule has 2 rings (SSSR count). The van der Waals surface area contributed by atoms with Gasteiger partial charge in [-0.05, 0) is 30.9 Å². The first-order chi connectivity index (χ1) is 6.72. The molecule has 0 atom stereocenters. The number of aromatic nitrogens is 1. The summed E-state index contributed by atoms with van der Waals surface area (Å²) >= 11 is 3.44. The fourth-order valence-corrected chi connectivity index (χ4v) is 2.01. The molecule has 0 aromatic carbocycles. The van der Waals surface area contributed by atoms with Gasteiger partial charge in [0.15, 0.2) is 0 Å². The number of pyridine rings is 1. The Morgan fingerprint density at radius 2 is 2.29 bits per heavy atom. The average molecular weight is 255 g/mol. The molecular weight excluding hydrogens is 240 g/mol. The fourth-order valence-electron chi connectivity index (χ4n) is 1.70. The summed E-state index contributed by atoms with van der Waals surface area (Å²) in [7, 11) is 2.14. The predicted octanol–water partition coefficient (Wildman–Crippen LogP) is 2.88. The Morgan fingerprint density at radius 1 is 1.57 bits per heavy atom. The summed E-state index contributed by atoms with van der Waals surface area (Å²) in [5.41, 5.74) is 2.52. The molecule has 1 aliphatic carbocycles. The van der Waals surface area contributed by atoms with Gasteiger partial charge in [0.1, 0.15) is 5.82 Å². The quantitative estimate of drug-likeness (QED) is 0.772. The van der Waals surface area contributed by atoms with Crippen molar-refractivity contribution in [3.63, 3.8) is 0 Å². The van der Waals surface area contributed by atoms with Crippen LogP contribution in [0.15, 0.2) is 12.3 Å². The molecular formula is C11H15BrN2. The van der Waals surface area contributed by atoms with Crippen LogP contribution in [0.1, 0.15) is 24.0 Å². The van der Waals surface area contributed by atoms with Gasteiger partial charge in [0.2, 0.25) is 0 Å². The van der Waals surface area contributed by atoms with Gasteiger partial charge >= 0.3 is 0 Å². The fraction of sp³-hybridized carbons (Fsp3) is 0.545. The van der Waals surface area contributed by atoms with E-state index in [2.05, 4.69) is 45.9 Å². The standard InChI is InChI=1S/C11H15BrN2/c1-8-5-9(6-12)7-13-11(8)14(2)10-3-4-10/h5,7,10H,3-4,6H2,1-2H3. The molecule has 2 nitrogen and oxygen atoms in total. The van der Waals surface area contributed by atoms with Gasteiger partial charge in [0.05, 0.1) is 0 Å². The Kier molecular flexibility index (Phi) is 2.77. The highest BCUT2D eigenvalue weighted by molar-refractivity contribution is 9.08. The first kappa shape index (κ1) is 9.97. The van der Waals surface area contributed by atoms with Gasteiger partial charge in [-0.1, -0.05) is 22.0 Å². The van der Waals surface area contributed by atoms with E-state index in [0.29, 0.717) is 0 Å². The van der Waals surface area contributed by atoms with Crippen molar-refractivity contribution in [2.45, 2.75) is 31.1 Å². The smallest absolute Gasteiger partial charge is 0.131 e. The molecule has 0 aliphatic heterocycles. The Balaban J connectivity index is 2.24. The maximum atomic E-state index is 4.51. The summed E-state index contributed by atoms with van der Waals surface area (Å²) < 4.78 is 0. The normalized spacial score (nSPS) is 15.6. The number of halogens is 1. The third-order valence-electron chi connectivity index (χ3n) is 2.69. The van der Waals surface area contributed by atoms with E-state index in [1.54, 1.807) is 0 Å². The van der Waals surface area contributed by atoms with Crippen LogP contribution in [0.25, 0.3) is 0 Å². The number of hydrogen-bond donors (Lipinski definition) is 0. The van der Waals surface area contributed by atoms with Crippen molar-refractivity contribution in [3.8, 4) is 0 Å². The zero-order valence-electron chi connectivity index (χ0n) is 8.63. The number of nitrogens with zero attached hydrogens (tertiary/aromatic N) is 2. The molecule has 1 aliphatic rings. The molecule has 76 valence electrons. The molecule has 0 N–H and O–H groups in total. The van der Waals surface area contributed by atoms with E-state index in [9.17, 15) is 0 Å². The van der Waals surface area contributed by atoms with Gasteiger partial charge in [-0.2, -0.15) is 0 Å². The van der Waals surface area contributed by atoms with E-state index in [0.717, 1.165) is 17.2 Å². The molecule has 0 bridgehead atoms. The van der Waals surface area contributed by atoms with Crippen molar-refractivity contribution in [3.05, 3.63) is 23.4 Å². The number of rotatable bonds is 3. The van der Waals surface area contributed by atoms with Crippen LogP contribution in [0.5, 0.6) is 0 Å². The maximum Gasteiger partial charge on any atom is 0.131 e. The summed E-state index contributed by atoms with van der Waals surface area (Å²) in [5, 5.41) is 0.883. The molecule has 0 amide bonds. The van der Waals surface area contributed by atoms with Crippen molar-refractivity contribution < 1.29 is 0 Å². The van der Waals surface area contributed by atoms with E-state index >= 15 is 0 Å². The van der Waals surface area contributed by atoms with Crippen molar-refractivity contribution in [2.24, 2.45) is 0 Å². The molecule has 1 heterocycles. The molecule has 1 fully saturated rings. The second kappa shape index (κ2) is 3.89. The van der Waals surface area contributed by atoms with Crippen LogP contribution in [-0.4, -0.2) is 18.1 Å². The number of anilines is 1. The summed E-state index contributed by atoms with van der Waals surface area (Å²) in [4.78, 5) is 6.81. The van der Waals surface area contributed by atoms with E-state index in [4.69, 9.17) is 0 Å². The van der Waals surface area contributed by atoms with Gasteiger partial charge < -0.3 is 4.90 Å². The summed E-state index contributed by atoms with van der Waals surface area (Å²) in [6.07, 6.45) is 4.59. The monoisotopic (exact) mass is 254 g/mol.